The van der Waals surface area contributed by atoms with Gasteiger partial charge in [-0.3, -0.25) is 18.8 Å². The second-order valence-electron chi connectivity index (χ2n) is 6.87. The van der Waals surface area contributed by atoms with Crippen LogP contribution in [0.25, 0.3) is 5.65 Å². The van der Waals surface area contributed by atoms with Crippen molar-refractivity contribution in [2.24, 2.45) is 0 Å². The lowest BCUT2D eigenvalue weighted by Gasteiger charge is -2.08. The van der Waals surface area contributed by atoms with Gasteiger partial charge >= 0.3 is 5.97 Å². The normalized spacial score (nSPS) is 10.8. The summed E-state index contributed by atoms with van der Waals surface area (Å²) < 4.78 is 6.66. The minimum atomic E-state index is -0.495. The summed E-state index contributed by atoms with van der Waals surface area (Å²) in [5.41, 5.74) is 4.06. The molecule has 0 saturated heterocycles. The molecule has 3 rings (SSSR count). The largest absolute Gasteiger partial charge is 0.459 e. The Balaban J connectivity index is 1.61. The van der Waals surface area contributed by atoms with E-state index in [0.29, 0.717) is 16.9 Å². The Morgan fingerprint density at radius 3 is 2.61 bits per heavy atom. The van der Waals surface area contributed by atoms with Crippen molar-refractivity contribution < 1.29 is 14.3 Å². The first-order valence-electron chi connectivity index (χ1n) is 9.09. The molecule has 0 N–H and O–H groups in total. The quantitative estimate of drug-likeness (QED) is 0.486. The van der Waals surface area contributed by atoms with Gasteiger partial charge in [-0.2, -0.15) is 0 Å². The van der Waals surface area contributed by atoms with Crippen molar-refractivity contribution in [1.29, 1.82) is 0 Å². The predicted molar refractivity (Wildman–Crippen MR) is 105 cm³/mol. The number of aryl methyl sites for hydroxylation is 3. The van der Waals surface area contributed by atoms with Gasteiger partial charge in [-0.05, 0) is 44.0 Å². The summed E-state index contributed by atoms with van der Waals surface area (Å²) in [4.78, 5) is 41.0. The molecule has 0 saturated carbocycles. The molecule has 3 aromatic rings. The van der Waals surface area contributed by atoms with Gasteiger partial charge in [0.2, 0.25) is 0 Å². The van der Waals surface area contributed by atoms with Crippen molar-refractivity contribution in [2.75, 3.05) is 0 Å². The van der Waals surface area contributed by atoms with E-state index in [1.807, 2.05) is 45.0 Å². The van der Waals surface area contributed by atoms with Crippen LogP contribution >= 0.6 is 0 Å². The lowest BCUT2D eigenvalue weighted by molar-refractivity contribution is -0.145. The van der Waals surface area contributed by atoms with Gasteiger partial charge in [0.1, 0.15) is 12.3 Å². The second kappa shape index (κ2) is 8.17. The molecule has 6 heteroatoms. The smallest absolute Gasteiger partial charge is 0.306 e. The van der Waals surface area contributed by atoms with Crippen LogP contribution in [0.3, 0.4) is 0 Å². The molecule has 0 spiro atoms. The minimum absolute atomic E-state index is 0.0161. The highest BCUT2D eigenvalue weighted by Crippen LogP contribution is 2.14. The van der Waals surface area contributed by atoms with E-state index in [1.165, 1.54) is 10.5 Å². The van der Waals surface area contributed by atoms with Gasteiger partial charge in [0, 0.05) is 24.2 Å². The molecule has 0 atom stereocenters. The summed E-state index contributed by atoms with van der Waals surface area (Å²) in [5.74, 6) is -0.582. The van der Waals surface area contributed by atoms with E-state index in [2.05, 4.69) is 4.98 Å². The van der Waals surface area contributed by atoms with Crippen LogP contribution in [-0.2, 0) is 16.1 Å². The number of fused-ring (bicyclic) bond motifs is 1. The number of carbonyl (C=O) groups excluding carboxylic acids is 2. The van der Waals surface area contributed by atoms with E-state index in [4.69, 9.17) is 4.74 Å². The molecule has 0 aliphatic rings. The van der Waals surface area contributed by atoms with Crippen molar-refractivity contribution in [1.82, 2.24) is 9.38 Å². The number of pyridine rings is 1. The molecule has 0 bridgehead atoms. The summed E-state index contributed by atoms with van der Waals surface area (Å²) in [6.07, 6.45) is 1.71. The number of benzene rings is 1. The lowest BCUT2D eigenvalue weighted by Crippen LogP contribution is -2.17. The van der Waals surface area contributed by atoms with Gasteiger partial charge in [-0.1, -0.05) is 23.8 Å². The molecule has 2 heterocycles. The number of ketones is 1. The highest BCUT2D eigenvalue weighted by molar-refractivity contribution is 5.98. The Labute approximate surface area is 162 Å². The first kappa shape index (κ1) is 19.5. The van der Waals surface area contributed by atoms with E-state index < -0.39 is 5.97 Å². The third kappa shape index (κ3) is 4.34. The number of aromatic nitrogens is 2. The average Bonchev–Trinajstić information content (AvgIpc) is 2.67. The molecule has 2 aromatic heterocycles. The van der Waals surface area contributed by atoms with Gasteiger partial charge in [-0.15, -0.1) is 0 Å². The molecule has 0 radical (unpaired) electrons. The van der Waals surface area contributed by atoms with Crippen molar-refractivity contribution >= 4 is 17.4 Å². The molecule has 0 aliphatic heterocycles. The van der Waals surface area contributed by atoms with Crippen molar-refractivity contribution in [3.05, 3.63) is 80.9 Å². The fraction of sp³-hybridized carbons (Fsp3) is 0.273. The maximum Gasteiger partial charge on any atom is 0.306 e. The molecule has 28 heavy (non-hydrogen) atoms. The Hall–Kier alpha value is -3.28. The number of ether oxygens (including phenoxy) is 1. The third-order valence-electron chi connectivity index (χ3n) is 4.57. The van der Waals surface area contributed by atoms with Crippen LogP contribution in [-0.4, -0.2) is 21.1 Å². The van der Waals surface area contributed by atoms with Crippen molar-refractivity contribution in [3.8, 4) is 0 Å². The number of hydrogen-bond donors (Lipinski definition) is 0. The maximum atomic E-state index is 12.4. The number of hydrogen-bond acceptors (Lipinski definition) is 5. The number of esters is 1. The van der Waals surface area contributed by atoms with Crippen LogP contribution < -0.4 is 5.56 Å². The zero-order valence-corrected chi connectivity index (χ0v) is 16.2. The molecule has 0 fully saturated rings. The number of nitrogens with zero attached hydrogens (tertiary/aromatic N) is 2. The zero-order valence-electron chi connectivity index (χ0n) is 16.2. The van der Waals surface area contributed by atoms with Crippen molar-refractivity contribution in [3.63, 3.8) is 0 Å². The van der Waals surface area contributed by atoms with Gasteiger partial charge in [0.25, 0.3) is 5.56 Å². The fourth-order valence-electron chi connectivity index (χ4n) is 3.00. The highest BCUT2D eigenvalue weighted by atomic mass is 16.5. The number of Topliss-reactive ketones (excluding diaryl/α,β-unsaturated/α-hetero) is 1. The summed E-state index contributed by atoms with van der Waals surface area (Å²) in [6, 6.07) is 10.7. The second-order valence-corrected chi connectivity index (χ2v) is 6.87. The molecule has 0 unspecified atom stereocenters. The van der Waals surface area contributed by atoms with Crippen LogP contribution in [0.2, 0.25) is 0 Å². The summed E-state index contributed by atoms with van der Waals surface area (Å²) in [5, 5.41) is 0. The Bertz CT molecular complexity index is 1120. The van der Waals surface area contributed by atoms with Crippen LogP contribution in [0.5, 0.6) is 0 Å². The highest BCUT2D eigenvalue weighted by Gasteiger charge is 2.13. The maximum absolute atomic E-state index is 12.4. The Morgan fingerprint density at radius 1 is 1.04 bits per heavy atom. The molecule has 0 aliphatic carbocycles. The molecule has 144 valence electrons. The standard InChI is InChI=1S/C22H22N2O4/c1-14-6-7-15(2)18(11-14)19(25)8-9-21(27)28-13-17-12-20(26)24-10-4-5-16(3)22(24)23-17/h4-7,10-12H,8-9,13H2,1-3H3. The number of carbonyl (C=O) groups is 2. The van der Waals surface area contributed by atoms with Crippen LogP contribution in [0, 0.1) is 20.8 Å². The van der Waals surface area contributed by atoms with Crippen LogP contribution in [0.1, 0.15) is 45.6 Å². The first-order valence-corrected chi connectivity index (χ1v) is 9.09. The summed E-state index contributed by atoms with van der Waals surface area (Å²) in [7, 11) is 0. The monoisotopic (exact) mass is 378 g/mol. The molecule has 6 nitrogen and oxygen atoms in total. The van der Waals surface area contributed by atoms with E-state index in [0.717, 1.165) is 16.7 Å². The van der Waals surface area contributed by atoms with E-state index in [1.54, 1.807) is 12.3 Å². The van der Waals surface area contributed by atoms with Gasteiger partial charge < -0.3 is 4.74 Å². The SMILES string of the molecule is Cc1ccc(C)c(C(=O)CCC(=O)OCc2cc(=O)n3cccc(C)c3n2)c1. The van der Waals surface area contributed by atoms with E-state index >= 15 is 0 Å². The summed E-state index contributed by atoms with van der Waals surface area (Å²) in [6.45, 7) is 5.55. The van der Waals surface area contributed by atoms with E-state index in [9.17, 15) is 14.4 Å². The predicted octanol–water partition coefficient (Wildman–Crippen LogP) is 3.33. The van der Waals surface area contributed by atoms with Crippen molar-refractivity contribution in [2.45, 2.75) is 40.2 Å². The molecule has 0 amide bonds. The average molecular weight is 378 g/mol. The minimum Gasteiger partial charge on any atom is -0.459 e. The third-order valence-corrected chi connectivity index (χ3v) is 4.57. The van der Waals surface area contributed by atoms with E-state index in [-0.39, 0.29) is 30.8 Å². The number of rotatable bonds is 6. The van der Waals surface area contributed by atoms with Gasteiger partial charge in [-0.25, -0.2) is 4.98 Å². The zero-order chi connectivity index (χ0) is 20.3. The Kier molecular flexibility index (Phi) is 5.68. The Morgan fingerprint density at radius 2 is 1.82 bits per heavy atom. The van der Waals surface area contributed by atoms with Gasteiger partial charge in [0.05, 0.1) is 12.1 Å². The molecule has 1 aromatic carbocycles. The lowest BCUT2D eigenvalue weighted by atomic mass is 9.99. The first-order chi connectivity index (χ1) is 13.3. The van der Waals surface area contributed by atoms with Crippen LogP contribution in [0.4, 0.5) is 0 Å². The summed E-state index contributed by atoms with van der Waals surface area (Å²) >= 11 is 0. The van der Waals surface area contributed by atoms with Crippen LogP contribution in [0.15, 0.2) is 47.4 Å². The molecular weight excluding hydrogens is 356 g/mol. The molecular formula is C22H22N2O4. The fourth-order valence-corrected chi connectivity index (χ4v) is 3.00. The van der Waals surface area contributed by atoms with Gasteiger partial charge in [0.15, 0.2) is 5.78 Å². The topological polar surface area (TPSA) is 77.7 Å².